The molecule has 0 aliphatic carbocycles. The van der Waals surface area contributed by atoms with E-state index < -0.39 is 0 Å². The van der Waals surface area contributed by atoms with Gasteiger partial charge in [-0.25, -0.2) is 14.9 Å². The van der Waals surface area contributed by atoms with E-state index in [4.69, 9.17) is 11.6 Å². The molecule has 0 atom stereocenters. The van der Waals surface area contributed by atoms with Crippen LogP contribution in [-0.2, 0) is 12.8 Å². The molecule has 5 nitrogen and oxygen atoms in total. The Kier molecular flexibility index (Phi) is 3.31. The van der Waals surface area contributed by atoms with E-state index in [1.807, 2.05) is 12.1 Å². The van der Waals surface area contributed by atoms with Crippen LogP contribution in [0.25, 0.3) is 0 Å². The fraction of sp³-hybridized carbons (Fsp3) is 0.222. The van der Waals surface area contributed by atoms with Gasteiger partial charge in [-0.3, -0.25) is 4.57 Å². The zero-order valence-electron chi connectivity index (χ0n) is 8.48. The quantitative estimate of drug-likeness (QED) is 0.667. The van der Waals surface area contributed by atoms with Crippen molar-refractivity contribution in [1.82, 2.24) is 19.7 Å². The molecule has 0 saturated heterocycles. The highest BCUT2D eigenvalue weighted by Crippen LogP contribution is 2.18. The summed E-state index contributed by atoms with van der Waals surface area (Å²) in [5, 5.41) is 7.35. The molecular weight excluding hydrogens is 248 g/mol. The van der Waals surface area contributed by atoms with Crippen LogP contribution in [0.4, 0.5) is 0 Å². The van der Waals surface area contributed by atoms with E-state index in [2.05, 4.69) is 15.2 Å². The number of hydrogen-bond donors (Lipinski definition) is 1. The molecule has 0 aliphatic heterocycles. The lowest BCUT2D eigenvalue weighted by Crippen LogP contribution is -2.12. The predicted octanol–water partition coefficient (Wildman–Crippen LogP) is 1.45. The van der Waals surface area contributed by atoms with Crippen molar-refractivity contribution in [2.75, 3.05) is 0 Å². The largest absolute Gasteiger partial charge is 0.343 e. The van der Waals surface area contributed by atoms with Crippen LogP contribution in [0.15, 0.2) is 28.2 Å². The van der Waals surface area contributed by atoms with Gasteiger partial charge in [0.1, 0.15) is 5.15 Å². The van der Waals surface area contributed by atoms with Gasteiger partial charge in [0.25, 0.3) is 0 Å². The molecule has 0 spiro atoms. The Balaban J connectivity index is 2.08. The third kappa shape index (κ3) is 2.45. The number of halogens is 1. The minimum absolute atomic E-state index is 0.221. The summed E-state index contributed by atoms with van der Waals surface area (Å²) >= 11 is 7.19. The number of thioether (sulfide) groups is 1. The molecule has 0 fully saturated rings. The van der Waals surface area contributed by atoms with E-state index in [1.165, 1.54) is 16.3 Å². The van der Waals surface area contributed by atoms with Gasteiger partial charge in [-0.1, -0.05) is 29.4 Å². The molecular formula is C9H9ClN4OS. The summed E-state index contributed by atoms with van der Waals surface area (Å²) in [5.41, 5.74) is 0.634. The fourth-order valence-electron chi connectivity index (χ4n) is 1.13. The van der Waals surface area contributed by atoms with E-state index >= 15 is 0 Å². The van der Waals surface area contributed by atoms with Crippen LogP contribution in [0.3, 0.4) is 0 Å². The highest BCUT2D eigenvalue weighted by atomic mass is 35.5. The Labute approximate surface area is 101 Å². The Hall–Kier alpha value is -1.27. The van der Waals surface area contributed by atoms with Gasteiger partial charge in [-0.15, -0.1) is 5.10 Å². The maximum absolute atomic E-state index is 11.1. The SMILES string of the molecule is Cn1c(SCc2cccc(Cl)n2)n[nH]c1=O. The number of hydrogen-bond acceptors (Lipinski definition) is 4. The molecule has 16 heavy (non-hydrogen) atoms. The zero-order valence-corrected chi connectivity index (χ0v) is 10.0. The first-order chi connectivity index (χ1) is 7.66. The van der Waals surface area contributed by atoms with E-state index in [0.29, 0.717) is 16.1 Å². The summed E-state index contributed by atoms with van der Waals surface area (Å²) in [5.74, 6) is 0.624. The van der Waals surface area contributed by atoms with Crippen molar-refractivity contribution in [2.24, 2.45) is 7.05 Å². The van der Waals surface area contributed by atoms with E-state index in [-0.39, 0.29) is 5.69 Å². The number of nitrogens with zero attached hydrogens (tertiary/aromatic N) is 3. The topological polar surface area (TPSA) is 63.6 Å². The molecule has 0 saturated carbocycles. The van der Waals surface area contributed by atoms with Crippen molar-refractivity contribution >= 4 is 23.4 Å². The lowest BCUT2D eigenvalue weighted by molar-refractivity contribution is 0.765. The smallest absolute Gasteiger partial charge is 0.273 e. The van der Waals surface area contributed by atoms with E-state index in [1.54, 1.807) is 13.1 Å². The number of rotatable bonds is 3. The van der Waals surface area contributed by atoms with Crippen LogP contribution in [0, 0.1) is 0 Å². The number of aromatic nitrogens is 4. The van der Waals surface area contributed by atoms with Gasteiger partial charge < -0.3 is 0 Å². The molecule has 0 amide bonds. The lowest BCUT2D eigenvalue weighted by atomic mass is 10.4. The van der Waals surface area contributed by atoms with Crippen molar-refractivity contribution in [1.29, 1.82) is 0 Å². The molecule has 2 aromatic heterocycles. The summed E-state index contributed by atoms with van der Waals surface area (Å²) in [6.07, 6.45) is 0. The van der Waals surface area contributed by atoms with Crippen molar-refractivity contribution < 1.29 is 0 Å². The van der Waals surface area contributed by atoms with Gasteiger partial charge in [-0.2, -0.15) is 0 Å². The van der Waals surface area contributed by atoms with Gasteiger partial charge in [-0.05, 0) is 12.1 Å². The second kappa shape index (κ2) is 4.71. The van der Waals surface area contributed by atoms with Crippen molar-refractivity contribution in [3.63, 3.8) is 0 Å². The standard InChI is InChI=1S/C9H9ClN4OS/c1-14-8(15)12-13-9(14)16-5-6-3-2-4-7(10)11-6/h2-4H,5H2,1H3,(H,12,15). The third-order valence-electron chi connectivity index (χ3n) is 1.96. The zero-order chi connectivity index (χ0) is 11.5. The van der Waals surface area contributed by atoms with E-state index in [0.717, 1.165) is 5.69 Å². The molecule has 0 aromatic carbocycles. The van der Waals surface area contributed by atoms with Crippen molar-refractivity contribution in [3.8, 4) is 0 Å². The average Bonchev–Trinajstić information content (AvgIpc) is 2.57. The number of pyridine rings is 1. The Bertz CT molecular complexity index is 550. The van der Waals surface area contributed by atoms with Gasteiger partial charge in [0.15, 0.2) is 5.16 Å². The summed E-state index contributed by atoms with van der Waals surface area (Å²) in [7, 11) is 1.67. The summed E-state index contributed by atoms with van der Waals surface area (Å²) in [6, 6.07) is 5.44. The van der Waals surface area contributed by atoms with Crippen LogP contribution < -0.4 is 5.69 Å². The van der Waals surface area contributed by atoms with Crippen molar-refractivity contribution in [2.45, 2.75) is 10.9 Å². The molecule has 0 bridgehead atoms. The fourth-order valence-corrected chi connectivity index (χ4v) is 2.14. The van der Waals surface area contributed by atoms with Gasteiger partial charge >= 0.3 is 5.69 Å². The first kappa shape index (κ1) is 11.2. The maximum Gasteiger partial charge on any atom is 0.343 e. The minimum Gasteiger partial charge on any atom is -0.273 e. The van der Waals surface area contributed by atoms with E-state index in [9.17, 15) is 4.79 Å². The number of H-pyrrole nitrogens is 1. The molecule has 0 aliphatic rings. The van der Waals surface area contributed by atoms with Crippen LogP contribution in [0.2, 0.25) is 5.15 Å². The minimum atomic E-state index is -0.221. The third-order valence-corrected chi connectivity index (χ3v) is 3.23. The van der Waals surface area contributed by atoms with Crippen LogP contribution in [0.5, 0.6) is 0 Å². The Morgan fingerprint density at radius 2 is 2.38 bits per heavy atom. The van der Waals surface area contributed by atoms with Crippen LogP contribution >= 0.6 is 23.4 Å². The average molecular weight is 257 g/mol. The number of nitrogens with one attached hydrogen (secondary N) is 1. The predicted molar refractivity (Wildman–Crippen MR) is 62.6 cm³/mol. The molecule has 0 unspecified atom stereocenters. The normalized spacial score (nSPS) is 10.6. The van der Waals surface area contributed by atoms with Gasteiger partial charge in [0.2, 0.25) is 0 Å². The lowest BCUT2D eigenvalue weighted by Gasteiger charge is -2.00. The first-order valence-electron chi connectivity index (χ1n) is 4.52. The van der Waals surface area contributed by atoms with Gasteiger partial charge in [0, 0.05) is 12.8 Å². The summed E-state index contributed by atoms with van der Waals surface area (Å²) in [4.78, 5) is 15.2. The van der Waals surface area contributed by atoms with Crippen LogP contribution in [0.1, 0.15) is 5.69 Å². The molecule has 0 radical (unpaired) electrons. The van der Waals surface area contributed by atoms with Crippen LogP contribution in [-0.4, -0.2) is 19.7 Å². The monoisotopic (exact) mass is 256 g/mol. The Morgan fingerprint density at radius 3 is 3.00 bits per heavy atom. The van der Waals surface area contributed by atoms with Crippen molar-refractivity contribution in [3.05, 3.63) is 39.5 Å². The first-order valence-corrected chi connectivity index (χ1v) is 5.89. The maximum atomic E-state index is 11.1. The second-order valence-corrected chi connectivity index (χ2v) is 4.44. The highest BCUT2D eigenvalue weighted by Gasteiger charge is 2.05. The number of aromatic amines is 1. The molecule has 2 rings (SSSR count). The highest BCUT2D eigenvalue weighted by molar-refractivity contribution is 7.98. The molecule has 2 aromatic rings. The summed E-state index contributed by atoms with van der Waals surface area (Å²) in [6.45, 7) is 0. The van der Waals surface area contributed by atoms with Gasteiger partial charge in [0.05, 0.1) is 5.69 Å². The summed E-state index contributed by atoms with van der Waals surface area (Å²) < 4.78 is 1.45. The molecule has 84 valence electrons. The molecule has 2 heterocycles. The molecule has 7 heteroatoms. The second-order valence-electron chi connectivity index (χ2n) is 3.11. The molecule has 1 N–H and O–H groups in total. The Morgan fingerprint density at radius 1 is 1.56 bits per heavy atom.